The second-order valence-corrected chi connectivity index (χ2v) is 4.78. The molecule has 0 saturated carbocycles. The summed E-state index contributed by atoms with van der Waals surface area (Å²) in [6.45, 7) is 3.84. The van der Waals surface area contributed by atoms with Crippen molar-refractivity contribution in [3.8, 4) is 5.75 Å². The van der Waals surface area contributed by atoms with Gasteiger partial charge in [0.1, 0.15) is 12.1 Å². The number of nitrogens with one attached hydrogen (secondary N) is 1. The Balaban J connectivity index is 2.81. The van der Waals surface area contributed by atoms with Crippen LogP contribution in [-0.2, 0) is 4.79 Å². The number of ether oxygens (including phenoxy) is 1. The first-order chi connectivity index (χ1) is 9.80. The molecule has 0 heterocycles. The van der Waals surface area contributed by atoms with Crippen molar-refractivity contribution in [3.05, 3.63) is 34.1 Å². The molecule has 1 aromatic rings. The number of nitrogens with zero attached hydrogens (tertiary/aromatic N) is 1. The molecule has 0 fully saturated rings. The quantitative estimate of drug-likeness (QED) is 0.556. The largest absolute Gasteiger partial charge is 0.488 e. The van der Waals surface area contributed by atoms with Crippen molar-refractivity contribution in [3.63, 3.8) is 0 Å². The lowest BCUT2D eigenvalue weighted by Gasteiger charge is -2.27. The number of carbonyl (C=O) groups is 1. The molecule has 1 unspecified atom stereocenters. The number of amides is 1. The predicted molar refractivity (Wildman–Crippen MR) is 74.4 cm³/mol. The Bertz CT molecular complexity index is 538. The van der Waals surface area contributed by atoms with Crippen LogP contribution < -0.4 is 15.8 Å². The number of carbonyl (C=O) groups excluding carboxylic acids is 1. The Morgan fingerprint density at radius 1 is 1.57 bits per heavy atom. The van der Waals surface area contributed by atoms with E-state index in [1.807, 2.05) is 6.92 Å². The van der Waals surface area contributed by atoms with E-state index in [1.54, 1.807) is 6.92 Å². The first-order valence-electron chi connectivity index (χ1n) is 6.42. The summed E-state index contributed by atoms with van der Waals surface area (Å²) in [4.78, 5) is 21.3. The molecule has 1 rings (SSSR count). The van der Waals surface area contributed by atoms with Crippen LogP contribution in [0.15, 0.2) is 18.2 Å². The molecule has 0 bridgehead atoms. The highest BCUT2D eigenvalue weighted by atomic mass is 19.1. The molecule has 1 aromatic carbocycles. The average molecular weight is 299 g/mol. The van der Waals surface area contributed by atoms with E-state index in [9.17, 15) is 19.3 Å². The van der Waals surface area contributed by atoms with Gasteiger partial charge in [0.2, 0.25) is 5.91 Å². The molecule has 21 heavy (non-hydrogen) atoms. The lowest BCUT2D eigenvalue weighted by molar-refractivity contribution is -0.385. The van der Waals surface area contributed by atoms with Crippen molar-refractivity contribution in [1.29, 1.82) is 0 Å². The van der Waals surface area contributed by atoms with Crippen LogP contribution in [0.2, 0.25) is 0 Å². The molecule has 0 aliphatic carbocycles. The van der Waals surface area contributed by atoms with Crippen molar-refractivity contribution in [2.45, 2.75) is 25.8 Å². The van der Waals surface area contributed by atoms with Crippen molar-refractivity contribution < 1.29 is 18.8 Å². The maximum absolute atomic E-state index is 13.7. The molecule has 3 N–H and O–H groups in total. The third-order valence-corrected chi connectivity index (χ3v) is 2.95. The zero-order chi connectivity index (χ0) is 16.0. The van der Waals surface area contributed by atoms with E-state index in [1.165, 1.54) is 0 Å². The fraction of sp³-hybridized carbons (Fsp3) is 0.462. The van der Waals surface area contributed by atoms with Gasteiger partial charge in [-0.15, -0.1) is 0 Å². The Hall–Kier alpha value is -2.22. The summed E-state index contributed by atoms with van der Waals surface area (Å²) in [7, 11) is 0. The van der Waals surface area contributed by atoms with Crippen molar-refractivity contribution >= 4 is 11.6 Å². The molecule has 0 aliphatic rings. The highest BCUT2D eigenvalue weighted by Crippen LogP contribution is 2.23. The summed E-state index contributed by atoms with van der Waals surface area (Å²) in [5.41, 5.74) is 3.79. The van der Waals surface area contributed by atoms with E-state index in [2.05, 4.69) is 5.32 Å². The van der Waals surface area contributed by atoms with Gasteiger partial charge in [-0.1, -0.05) is 6.92 Å². The molecule has 0 aromatic heterocycles. The normalized spacial score (nSPS) is 13.5. The third kappa shape index (κ3) is 4.38. The molecule has 0 aliphatic heterocycles. The van der Waals surface area contributed by atoms with Crippen molar-refractivity contribution in [2.75, 3.05) is 13.2 Å². The number of hydrogen-bond acceptors (Lipinski definition) is 5. The van der Waals surface area contributed by atoms with Crippen molar-refractivity contribution in [2.24, 2.45) is 5.73 Å². The smallest absolute Gasteiger partial charge is 0.272 e. The molecular formula is C13H18FN3O4. The third-order valence-electron chi connectivity index (χ3n) is 2.95. The maximum atomic E-state index is 13.7. The van der Waals surface area contributed by atoms with E-state index >= 15 is 0 Å². The number of primary amides is 1. The van der Waals surface area contributed by atoms with Gasteiger partial charge >= 0.3 is 0 Å². The molecule has 1 atom stereocenters. The molecule has 1 amide bonds. The predicted octanol–water partition coefficient (Wildman–Crippen LogP) is 1.36. The first-order valence-corrected chi connectivity index (χ1v) is 6.42. The first kappa shape index (κ1) is 16.8. The number of rotatable bonds is 8. The summed E-state index contributed by atoms with van der Waals surface area (Å²) >= 11 is 0. The number of nitrogens with two attached hydrogens (primary N) is 1. The minimum atomic E-state index is -1.15. The van der Waals surface area contributed by atoms with E-state index < -0.39 is 22.2 Å². The van der Waals surface area contributed by atoms with Gasteiger partial charge in [0, 0.05) is 6.07 Å². The number of nitro groups is 1. The minimum absolute atomic E-state index is 0.175. The van der Waals surface area contributed by atoms with E-state index in [0.29, 0.717) is 6.54 Å². The Morgan fingerprint density at radius 3 is 2.71 bits per heavy atom. The van der Waals surface area contributed by atoms with Crippen LogP contribution >= 0.6 is 0 Å². The lowest BCUT2D eigenvalue weighted by Crippen LogP contribution is -2.57. The number of benzene rings is 1. The molecule has 0 saturated heterocycles. The summed E-state index contributed by atoms with van der Waals surface area (Å²) in [5.74, 6) is -1.67. The van der Waals surface area contributed by atoms with Crippen LogP contribution in [0.1, 0.15) is 20.3 Å². The van der Waals surface area contributed by atoms with Crippen LogP contribution in [-0.4, -0.2) is 29.5 Å². The van der Waals surface area contributed by atoms with Gasteiger partial charge in [0.15, 0.2) is 11.6 Å². The molecule has 0 radical (unpaired) electrons. The van der Waals surface area contributed by atoms with Crippen LogP contribution in [0, 0.1) is 15.9 Å². The maximum Gasteiger partial charge on any atom is 0.272 e. The molecule has 7 nitrogen and oxygen atoms in total. The van der Waals surface area contributed by atoms with Crippen LogP contribution in [0.5, 0.6) is 5.75 Å². The minimum Gasteiger partial charge on any atom is -0.488 e. The van der Waals surface area contributed by atoms with Crippen LogP contribution in [0.25, 0.3) is 0 Å². The average Bonchev–Trinajstić information content (AvgIpc) is 2.43. The fourth-order valence-corrected chi connectivity index (χ4v) is 1.55. The van der Waals surface area contributed by atoms with Crippen LogP contribution in [0.3, 0.4) is 0 Å². The molecular weight excluding hydrogens is 281 g/mol. The van der Waals surface area contributed by atoms with Gasteiger partial charge in [-0.05, 0) is 26.0 Å². The number of nitro benzene ring substituents is 1. The fourth-order valence-electron chi connectivity index (χ4n) is 1.55. The zero-order valence-corrected chi connectivity index (χ0v) is 11.9. The Kier molecular flexibility index (Phi) is 5.60. The van der Waals surface area contributed by atoms with E-state index in [-0.39, 0.29) is 18.0 Å². The molecule has 116 valence electrons. The number of halogens is 1. The highest BCUT2D eigenvalue weighted by Gasteiger charge is 2.31. The second kappa shape index (κ2) is 6.98. The molecule has 8 heteroatoms. The standard InChI is InChI=1S/C13H18FN3O4/c1-3-6-16-13(2,12(15)18)8-21-11-5-4-9(17(19)20)7-10(11)14/h4-5,7,16H,3,6,8H2,1-2H3,(H2,15,18). The Labute approximate surface area is 121 Å². The second-order valence-electron chi connectivity index (χ2n) is 4.78. The van der Waals surface area contributed by atoms with Crippen LogP contribution in [0.4, 0.5) is 10.1 Å². The summed E-state index contributed by atoms with van der Waals surface area (Å²) in [6, 6.07) is 3.03. The van der Waals surface area contributed by atoms with Gasteiger partial charge < -0.3 is 15.8 Å². The Morgan fingerprint density at radius 2 is 2.24 bits per heavy atom. The number of non-ortho nitro benzene ring substituents is 1. The SMILES string of the molecule is CCCNC(C)(COc1ccc([N+](=O)[O-])cc1F)C(N)=O. The topological polar surface area (TPSA) is 107 Å². The molecule has 0 spiro atoms. The summed E-state index contributed by atoms with van der Waals surface area (Å²) in [5, 5.41) is 13.5. The van der Waals surface area contributed by atoms with E-state index in [0.717, 1.165) is 24.6 Å². The highest BCUT2D eigenvalue weighted by molar-refractivity contribution is 5.84. The number of hydrogen-bond donors (Lipinski definition) is 2. The van der Waals surface area contributed by atoms with E-state index in [4.69, 9.17) is 10.5 Å². The van der Waals surface area contributed by atoms with Gasteiger partial charge in [-0.25, -0.2) is 4.39 Å². The summed E-state index contributed by atoms with van der Waals surface area (Å²) in [6.07, 6.45) is 0.786. The van der Waals surface area contributed by atoms with Gasteiger partial charge in [-0.2, -0.15) is 0 Å². The van der Waals surface area contributed by atoms with Gasteiger partial charge in [-0.3, -0.25) is 14.9 Å². The van der Waals surface area contributed by atoms with Gasteiger partial charge in [0.25, 0.3) is 5.69 Å². The zero-order valence-electron chi connectivity index (χ0n) is 11.9. The van der Waals surface area contributed by atoms with Crippen molar-refractivity contribution in [1.82, 2.24) is 5.32 Å². The van der Waals surface area contributed by atoms with Gasteiger partial charge in [0.05, 0.1) is 11.0 Å². The summed E-state index contributed by atoms with van der Waals surface area (Å²) < 4.78 is 18.9. The lowest BCUT2D eigenvalue weighted by atomic mass is 10.0. The monoisotopic (exact) mass is 299 g/mol.